The van der Waals surface area contributed by atoms with E-state index in [1.807, 2.05) is 55.4 Å². The molecule has 4 rings (SSSR count). The average Bonchev–Trinajstić information content (AvgIpc) is 3.30. The quantitative estimate of drug-likeness (QED) is 0.675. The SMILES string of the molecule is CC1(C)COC([B-](C2=NC(C)(C)CO2)(C2=NC(C)(C)CO2)C2=NC(C)(C)CO2)=N1. The Morgan fingerprint density at radius 2 is 0.690 bits per heavy atom. The molecule has 0 spiro atoms. The van der Waals surface area contributed by atoms with E-state index in [-0.39, 0.29) is 22.2 Å². The molecule has 0 atom stereocenters. The Labute approximate surface area is 172 Å². The molecule has 0 N–H and O–H groups in total. The number of nitrogens with zero attached hydrogens (tertiary/aromatic N) is 4. The molecular weight excluding hydrogens is 371 g/mol. The van der Waals surface area contributed by atoms with Gasteiger partial charge < -0.3 is 18.9 Å². The first-order chi connectivity index (χ1) is 13.2. The van der Waals surface area contributed by atoms with E-state index in [1.54, 1.807) is 0 Å². The first kappa shape index (κ1) is 20.2. The molecule has 0 saturated carbocycles. The van der Waals surface area contributed by atoms with Crippen molar-refractivity contribution in [1.29, 1.82) is 0 Å². The minimum atomic E-state index is -2.17. The summed E-state index contributed by atoms with van der Waals surface area (Å²) >= 11 is 0. The Kier molecular flexibility index (Phi) is 4.17. The first-order valence-electron chi connectivity index (χ1n) is 10.3. The predicted octanol–water partition coefficient (Wildman–Crippen LogP) is 2.42. The third kappa shape index (κ3) is 3.42. The van der Waals surface area contributed by atoms with Crippen molar-refractivity contribution in [1.82, 2.24) is 0 Å². The Morgan fingerprint density at radius 3 is 0.828 bits per heavy atom. The zero-order valence-electron chi connectivity index (χ0n) is 18.8. The van der Waals surface area contributed by atoms with Crippen molar-refractivity contribution >= 4 is 29.3 Å². The molecule has 29 heavy (non-hydrogen) atoms. The monoisotopic (exact) mass is 403 g/mol. The molecule has 0 amide bonds. The van der Waals surface area contributed by atoms with Crippen LogP contribution in [0.25, 0.3) is 0 Å². The fourth-order valence-electron chi connectivity index (χ4n) is 3.97. The molecule has 160 valence electrons. The summed E-state index contributed by atoms with van der Waals surface area (Å²) in [4.78, 5) is 19.6. The molecule has 0 aromatic heterocycles. The Hall–Kier alpha value is -2.06. The highest BCUT2D eigenvalue weighted by atomic mass is 16.5. The fraction of sp³-hybridized carbons (Fsp3) is 0.800. The van der Waals surface area contributed by atoms with E-state index in [2.05, 4.69) is 0 Å². The van der Waals surface area contributed by atoms with Crippen LogP contribution in [0, 0.1) is 0 Å². The molecule has 0 aromatic carbocycles. The van der Waals surface area contributed by atoms with Crippen LogP contribution in [0.1, 0.15) is 55.4 Å². The maximum atomic E-state index is 6.17. The Morgan fingerprint density at radius 1 is 0.483 bits per heavy atom. The van der Waals surface area contributed by atoms with E-state index in [0.29, 0.717) is 49.6 Å². The summed E-state index contributed by atoms with van der Waals surface area (Å²) < 4.78 is 24.7. The smallest absolute Gasteiger partial charge is 0.344 e. The van der Waals surface area contributed by atoms with Crippen molar-refractivity contribution in [2.75, 3.05) is 26.4 Å². The summed E-state index contributed by atoms with van der Waals surface area (Å²) in [7, 11) is 0. The summed E-state index contributed by atoms with van der Waals surface area (Å²) in [5.41, 5.74) is -1.50. The van der Waals surface area contributed by atoms with Gasteiger partial charge >= 0.3 is 6.15 Å². The zero-order chi connectivity index (χ0) is 21.3. The van der Waals surface area contributed by atoms with Gasteiger partial charge in [-0.1, -0.05) is 0 Å². The van der Waals surface area contributed by atoms with E-state index in [9.17, 15) is 0 Å². The standard InChI is InChI=1S/C20H32BN4O4/c1-17(2)9-26-13(22-17)21(14-23-18(3,4)10-27-14,15-24-19(5,6)11-28-15)16-25-20(7,8)12-29-16/h9-12H2,1-8H3/q-1. The molecule has 0 saturated heterocycles. The second kappa shape index (κ2) is 5.98. The molecular formula is C20H32BN4O4-. The molecule has 0 radical (unpaired) electrons. The van der Waals surface area contributed by atoms with Gasteiger partial charge in [-0.05, 0) is 55.4 Å². The van der Waals surface area contributed by atoms with Crippen LogP contribution in [0.5, 0.6) is 0 Å². The number of rotatable bonds is 4. The Balaban J connectivity index is 1.99. The highest BCUT2D eigenvalue weighted by molar-refractivity contribution is 7.53. The van der Waals surface area contributed by atoms with Crippen LogP contribution in [0.2, 0.25) is 0 Å². The lowest BCUT2D eigenvalue weighted by molar-refractivity contribution is 0.270. The van der Waals surface area contributed by atoms with Crippen LogP contribution in [0.15, 0.2) is 20.0 Å². The zero-order valence-corrected chi connectivity index (χ0v) is 18.8. The summed E-state index contributed by atoms with van der Waals surface area (Å²) in [6, 6.07) is 0. The topological polar surface area (TPSA) is 86.4 Å². The van der Waals surface area contributed by atoms with Crippen molar-refractivity contribution < 1.29 is 18.9 Å². The van der Waals surface area contributed by atoms with Crippen molar-refractivity contribution in [3.63, 3.8) is 0 Å². The number of hydrogen-bond acceptors (Lipinski definition) is 8. The second-order valence-corrected chi connectivity index (χ2v) is 11.1. The van der Waals surface area contributed by atoms with Crippen LogP contribution in [0.4, 0.5) is 0 Å². The van der Waals surface area contributed by atoms with Crippen molar-refractivity contribution in [3.05, 3.63) is 0 Å². The van der Waals surface area contributed by atoms with Crippen LogP contribution < -0.4 is 0 Å². The third-order valence-corrected chi connectivity index (χ3v) is 5.43. The van der Waals surface area contributed by atoms with E-state index in [4.69, 9.17) is 38.9 Å². The predicted molar refractivity (Wildman–Crippen MR) is 116 cm³/mol. The number of ether oxygens (including phenoxy) is 4. The molecule has 4 aliphatic heterocycles. The number of hydrogen-bond donors (Lipinski definition) is 0. The van der Waals surface area contributed by atoms with Gasteiger partial charge in [0.05, 0.1) is 22.2 Å². The molecule has 4 heterocycles. The molecule has 0 unspecified atom stereocenters. The summed E-state index contributed by atoms with van der Waals surface area (Å²) in [5.74, 6) is 1.94. The van der Waals surface area contributed by atoms with Gasteiger partial charge in [-0.2, -0.15) is 0 Å². The highest BCUT2D eigenvalue weighted by Crippen LogP contribution is 2.35. The lowest BCUT2D eigenvalue weighted by Crippen LogP contribution is -2.66. The molecule has 0 bridgehead atoms. The van der Waals surface area contributed by atoms with Gasteiger partial charge in [0, 0.05) is 23.2 Å². The fourth-order valence-corrected chi connectivity index (χ4v) is 3.97. The van der Waals surface area contributed by atoms with Crippen LogP contribution in [0.3, 0.4) is 0 Å². The first-order valence-corrected chi connectivity index (χ1v) is 10.3. The van der Waals surface area contributed by atoms with Crippen molar-refractivity contribution in [2.45, 2.75) is 77.5 Å². The van der Waals surface area contributed by atoms with E-state index in [1.165, 1.54) is 0 Å². The second-order valence-electron chi connectivity index (χ2n) is 11.1. The molecule has 9 heteroatoms. The molecule has 8 nitrogen and oxygen atoms in total. The molecule has 0 aliphatic carbocycles. The van der Waals surface area contributed by atoms with Crippen molar-refractivity contribution in [3.8, 4) is 0 Å². The number of aliphatic imine (C=N–C) groups is 4. The maximum Gasteiger partial charge on any atom is 0.344 e. The minimum absolute atomic E-state index is 0.375. The van der Waals surface area contributed by atoms with Gasteiger partial charge in [0.1, 0.15) is 26.4 Å². The minimum Gasteiger partial charge on any atom is -0.517 e. The van der Waals surface area contributed by atoms with Gasteiger partial charge in [-0.15, -0.1) is 0 Å². The van der Waals surface area contributed by atoms with E-state index in [0.717, 1.165) is 0 Å². The lowest BCUT2D eigenvalue weighted by Gasteiger charge is -2.37. The highest BCUT2D eigenvalue weighted by Gasteiger charge is 2.58. The van der Waals surface area contributed by atoms with Gasteiger partial charge in [-0.3, -0.25) is 20.0 Å². The molecule has 0 aromatic rings. The van der Waals surface area contributed by atoms with Gasteiger partial charge in [0.2, 0.25) is 0 Å². The molecule has 4 aliphatic rings. The van der Waals surface area contributed by atoms with Gasteiger partial charge in [-0.25, -0.2) is 0 Å². The third-order valence-electron chi connectivity index (χ3n) is 5.43. The summed E-state index contributed by atoms with van der Waals surface area (Å²) in [5, 5.41) is 0. The van der Waals surface area contributed by atoms with Crippen LogP contribution in [-0.2, 0) is 18.9 Å². The lowest BCUT2D eigenvalue weighted by atomic mass is 9.23. The Bertz CT molecular complexity index is 713. The van der Waals surface area contributed by atoms with E-state index >= 15 is 0 Å². The normalized spacial score (nSPS) is 28.4. The van der Waals surface area contributed by atoms with Gasteiger partial charge in [0.25, 0.3) is 0 Å². The maximum absolute atomic E-state index is 6.17. The summed E-state index contributed by atoms with van der Waals surface area (Å²) in [6.07, 6.45) is -2.17. The van der Waals surface area contributed by atoms with Crippen LogP contribution in [-0.4, -0.2) is 77.9 Å². The van der Waals surface area contributed by atoms with Gasteiger partial charge in [0.15, 0.2) is 0 Å². The summed E-state index contributed by atoms with van der Waals surface area (Å²) in [6.45, 7) is 18.1. The van der Waals surface area contributed by atoms with E-state index < -0.39 is 6.15 Å². The van der Waals surface area contributed by atoms with Crippen LogP contribution >= 0.6 is 0 Å². The largest absolute Gasteiger partial charge is 0.517 e. The average molecular weight is 403 g/mol. The van der Waals surface area contributed by atoms with Crippen molar-refractivity contribution in [2.24, 2.45) is 20.0 Å². The molecule has 0 fully saturated rings.